The molecule has 0 amide bonds. The number of Topliss-reactive ketones (excluding diaryl/α,β-unsaturated/α-hetero) is 1. The number of aromatic hydroxyl groups is 1. The van der Waals surface area contributed by atoms with E-state index in [1.807, 2.05) is 5.38 Å². The van der Waals surface area contributed by atoms with Crippen LogP contribution in [0.15, 0.2) is 40.7 Å². The fraction of sp³-hybridized carbons (Fsp3) is 0.292. The summed E-state index contributed by atoms with van der Waals surface area (Å²) < 4.78 is 4.67. The maximum absolute atomic E-state index is 12.4. The van der Waals surface area contributed by atoms with E-state index in [1.54, 1.807) is 19.1 Å². The molecule has 1 aliphatic rings. The molecule has 1 aliphatic carbocycles. The van der Waals surface area contributed by atoms with Crippen LogP contribution in [0.25, 0.3) is 10.4 Å². The van der Waals surface area contributed by atoms with Crippen LogP contribution in [0.1, 0.15) is 55.8 Å². The second-order valence-electron chi connectivity index (χ2n) is 7.50. The number of benzene rings is 1. The smallest absolute Gasteiger partial charge is 0.348 e. The van der Waals surface area contributed by atoms with Gasteiger partial charge in [-0.25, -0.2) is 4.79 Å². The van der Waals surface area contributed by atoms with Crippen molar-refractivity contribution in [3.8, 4) is 16.2 Å². The zero-order valence-corrected chi connectivity index (χ0v) is 19.1. The lowest BCUT2D eigenvalue weighted by atomic mass is 9.90. The number of carbonyl (C=O) groups excluding carboxylic acids is 2. The number of methoxy groups -OCH3 is 1. The Morgan fingerprint density at radius 1 is 1.10 bits per heavy atom. The SMILES string of the molecule is COC(=O)c1ccc(C(=O)CN=C(C)c2csc(-c3ccc4c(c3)CCCC4)c2O)s1. The predicted molar refractivity (Wildman–Crippen MR) is 125 cm³/mol. The van der Waals surface area contributed by atoms with Gasteiger partial charge >= 0.3 is 5.97 Å². The number of nitrogens with zero attached hydrogens (tertiary/aromatic N) is 1. The van der Waals surface area contributed by atoms with Gasteiger partial charge in [0.1, 0.15) is 17.2 Å². The molecule has 160 valence electrons. The van der Waals surface area contributed by atoms with Crippen LogP contribution >= 0.6 is 22.7 Å². The van der Waals surface area contributed by atoms with E-state index < -0.39 is 5.97 Å². The van der Waals surface area contributed by atoms with E-state index in [0.29, 0.717) is 21.0 Å². The van der Waals surface area contributed by atoms with Crippen molar-refractivity contribution in [2.24, 2.45) is 4.99 Å². The van der Waals surface area contributed by atoms with Crippen molar-refractivity contribution in [1.82, 2.24) is 0 Å². The number of ether oxygens (including phenoxy) is 1. The highest BCUT2D eigenvalue weighted by molar-refractivity contribution is 7.16. The van der Waals surface area contributed by atoms with Crippen molar-refractivity contribution in [3.63, 3.8) is 0 Å². The molecule has 1 N–H and O–H groups in total. The molecule has 0 aliphatic heterocycles. The summed E-state index contributed by atoms with van der Waals surface area (Å²) in [6.07, 6.45) is 4.67. The molecule has 0 unspecified atom stereocenters. The normalized spacial score (nSPS) is 13.7. The highest BCUT2D eigenvalue weighted by Crippen LogP contribution is 2.40. The van der Waals surface area contributed by atoms with Crippen molar-refractivity contribution in [2.75, 3.05) is 13.7 Å². The van der Waals surface area contributed by atoms with Crippen molar-refractivity contribution in [1.29, 1.82) is 0 Å². The molecule has 0 fully saturated rings. The largest absolute Gasteiger partial charge is 0.506 e. The molecule has 0 saturated carbocycles. The minimum absolute atomic E-state index is 0.0452. The summed E-state index contributed by atoms with van der Waals surface area (Å²) in [5.74, 6) is -0.427. The van der Waals surface area contributed by atoms with Crippen LogP contribution in [0.3, 0.4) is 0 Å². The van der Waals surface area contributed by atoms with E-state index in [2.05, 4.69) is 27.9 Å². The van der Waals surface area contributed by atoms with Crippen LogP contribution in [-0.4, -0.2) is 36.2 Å². The van der Waals surface area contributed by atoms with Gasteiger partial charge in [0.05, 0.1) is 16.9 Å². The number of ketones is 1. The van der Waals surface area contributed by atoms with Crippen molar-refractivity contribution < 1.29 is 19.4 Å². The molecule has 31 heavy (non-hydrogen) atoms. The van der Waals surface area contributed by atoms with Crippen LogP contribution in [-0.2, 0) is 17.6 Å². The molecule has 3 aromatic rings. The Hall–Kier alpha value is -2.77. The topological polar surface area (TPSA) is 76.0 Å². The first-order valence-electron chi connectivity index (χ1n) is 10.1. The average Bonchev–Trinajstić information content (AvgIpc) is 3.43. The van der Waals surface area contributed by atoms with E-state index in [4.69, 9.17) is 0 Å². The Labute approximate surface area is 189 Å². The standard InChI is InChI=1S/C24H23NO4S2/c1-14(25-12-19(26)20-9-10-21(31-20)24(28)29-2)18-13-30-23(22(18)27)17-8-7-15-5-3-4-6-16(15)11-17/h7-11,13,27H,3-6,12H2,1-2H3. The predicted octanol–water partition coefficient (Wildman–Crippen LogP) is 5.54. The van der Waals surface area contributed by atoms with Crippen molar-refractivity contribution in [2.45, 2.75) is 32.6 Å². The summed E-state index contributed by atoms with van der Waals surface area (Å²) >= 11 is 2.58. The van der Waals surface area contributed by atoms with Gasteiger partial charge in [0.2, 0.25) is 0 Å². The Morgan fingerprint density at radius 2 is 1.84 bits per heavy atom. The molecule has 5 nitrogen and oxygen atoms in total. The van der Waals surface area contributed by atoms with E-state index >= 15 is 0 Å². The lowest BCUT2D eigenvalue weighted by Gasteiger charge is -2.16. The molecule has 0 saturated heterocycles. The molecule has 0 bridgehead atoms. The summed E-state index contributed by atoms with van der Waals surface area (Å²) in [6.45, 7) is 1.75. The van der Waals surface area contributed by atoms with Crippen LogP contribution in [0.4, 0.5) is 0 Å². The second-order valence-corrected chi connectivity index (χ2v) is 9.46. The highest BCUT2D eigenvalue weighted by Gasteiger charge is 2.18. The van der Waals surface area contributed by atoms with E-state index in [1.165, 1.54) is 42.4 Å². The third-order valence-corrected chi connectivity index (χ3v) is 7.62. The maximum Gasteiger partial charge on any atom is 0.348 e. The van der Waals surface area contributed by atoms with E-state index in [0.717, 1.165) is 34.6 Å². The molecular formula is C24H23NO4S2. The molecule has 2 heterocycles. The number of hydrogen-bond acceptors (Lipinski definition) is 7. The zero-order valence-electron chi connectivity index (χ0n) is 17.4. The third-order valence-electron chi connectivity index (χ3n) is 5.49. The number of carbonyl (C=O) groups is 2. The number of aryl methyl sites for hydroxylation is 2. The molecule has 0 spiro atoms. The van der Waals surface area contributed by atoms with Crippen LogP contribution in [0.5, 0.6) is 5.75 Å². The second kappa shape index (κ2) is 9.16. The zero-order chi connectivity index (χ0) is 22.0. The Kier molecular flexibility index (Phi) is 6.34. The number of thiophene rings is 2. The molecule has 1 aromatic carbocycles. The van der Waals surface area contributed by atoms with Gasteiger partial charge in [-0.05, 0) is 67.5 Å². The highest BCUT2D eigenvalue weighted by atomic mass is 32.1. The summed E-state index contributed by atoms with van der Waals surface area (Å²) in [5, 5.41) is 12.7. The monoisotopic (exact) mass is 453 g/mol. The first kappa shape index (κ1) is 21.5. The Morgan fingerprint density at radius 3 is 2.61 bits per heavy atom. The number of esters is 1. The van der Waals surface area contributed by atoms with E-state index in [-0.39, 0.29) is 18.1 Å². The molecule has 7 heteroatoms. The lowest BCUT2D eigenvalue weighted by molar-refractivity contribution is 0.0606. The van der Waals surface area contributed by atoms with Crippen LogP contribution in [0, 0.1) is 0 Å². The summed E-state index contributed by atoms with van der Waals surface area (Å²) in [4.78, 5) is 30.1. The first-order chi connectivity index (χ1) is 15.0. The van der Waals surface area contributed by atoms with Crippen molar-refractivity contribution in [3.05, 3.63) is 62.2 Å². The molecule has 2 aromatic heterocycles. The fourth-order valence-corrected chi connectivity index (χ4v) is 5.60. The minimum Gasteiger partial charge on any atom is -0.506 e. The van der Waals surface area contributed by atoms with Gasteiger partial charge in [-0.1, -0.05) is 12.1 Å². The number of hydrogen-bond donors (Lipinski definition) is 1. The van der Waals surface area contributed by atoms with Crippen LogP contribution < -0.4 is 0 Å². The number of rotatable bonds is 6. The summed E-state index contributed by atoms with van der Waals surface area (Å²) in [7, 11) is 1.31. The maximum atomic E-state index is 12.4. The minimum atomic E-state index is -0.457. The number of fused-ring (bicyclic) bond motifs is 1. The van der Waals surface area contributed by atoms with Gasteiger partial charge in [0, 0.05) is 16.7 Å². The average molecular weight is 454 g/mol. The fourth-order valence-electron chi connectivity index (χ4n) is 3.74. The van der Waals surface area contributed by atoms with E-state index in [9.17, 15) is 14.7 Å². The quantitative estimate of drug-likeness (QED) is 0.302. The molecule has 0 radical (unpaired) electrons. The number of aliphatic imine (C=N–C) groups is 1. The Bertz CT molecular complexity index is 1170. The first-order valence-corrected chi connectivity index (χ1v) is 11.8. The van der Waals surface area contributed by atoms with Gasteiger partial charge in [-0.2, -0.15) is 0 Å². The summed E-state index contributed by atoms with van der Waals surface area (Å²) in [6, 6.07) is 9.63. The van der Waals surface area contributed by atoms with Gasteiger partial charge < -0.3 is 9.84 Å². The van der Waals surface area contributed by atoms with Crippen LogP contribution in [0.2, 0.25) is 0 Å². The third kappa shape index (κ3) is 4.48. The summed E-state index contributed by atoms with van der Waals surface area (Å²) in [5.41, 5.74) is 5.05. The molecule has 4 rings (SSSR count). The lowest BCUT2D eigenvalue weighted by Crippen LogP contribution is -2.04. The molecule has 0 atom stereocenters. The van der Waals surface area contributed by atoms with Gasteiger partial charge in [0.25, 0.3) is 0 Å². The van der Waals surface area contributed by atoms with Gasteiger partial charge in [0.15, 0.2) is 5.78 Å². The Balaban J connectivity index is 1.50. The van der Waals surface area contributed by atoms with Gasteiger partial charge in [-0.15, -0.1) is 22.7 Å². The van der Waals surface area contributed by atoms with Gasteiger partial charge in [-0.3, -0.25) is 9.79 Å². The molecular weight excluding hydrogens is 430 g/mol. The van der Waals surface area contributed by atoms with Crippen molar-refractivity contribution >= 4 is 40.1 Å².